The molecule has 0 saturated heterocycles. The fourth-order valence-electron chi connectivity index (χ4n) is 1.74. The lowest BCUT2D eigenvalue weighted by molar-refractivity contribution is -0.130. The van der Waals surface area contributed by atoms with E-state index in [-0.39, 0.29) is 18.2 Å². The Bertz CT molecular complexity index is 449. The van der Waals surface area contributed by atoms with Crippen LogP contribution in [0, 0.1) is 0 Å². The molecule has 1 aromatic rings. The summed E-state index contributed by atoms with van der Waals surface area (Å²) in [5.41, 5.74) is 6.15. The lowest BCUT2D eigenvalue weighted by Crippen LogP contribution is -2.26. The molecular weight excluding hydrogens is 260 g/mol. The average molecular weight is 280 g/mol. The van der Waals surface area contributed by atoms with Gasteiger partial charge in [-0.05, 0) is 30.4 Å². The molecule has 0 aromatic heterocycles. The maximum atomic E-state index is 11.9. The van der Waals surface area contributed by atoms with E-state index in [4.69, 9.17) is 5.73 Å². The van der Waals surface area contributed by atoms with Crippen molar-refractivity contribution in [2.45, 2.75) is 30.7 Å². The third-order valence-electron chi connectivity index (χ3n) is 2.79. The number of carbonyl (C=O) groups is 2. The molecule has 0 spiro atoms. The molecule has 0 heterocycles. The van der Waals surface area contributed by atoms with Gasteiger partial charge >= 0.3 is 0 Å². The Morgan fingerprint density at radius 2 is 2.05 bits per heavy atom. The van der Waals surface area contributed by atoms with Crippen molar-refractivity contribution in [3.63, 3.8) is 0 Å². The maximum Gasteiger partial charge on any atom is 0.222 e. The van der Waals surface area contributed by atoms with Crippen molar-refractivity contribution in [1.29, 1.82) is 0 Å². The number of benzene rings is 1. The molecule has 1 aromatic carbocycles. The normalized spacial score (nSPS) is 10.2. The van der Waals surface area contributed by atoms with Gasteiger partial charge < -0.3 is 10.6 Å². The van der Waals surface area contributed by atoms with Crippen LogP contribution in [0.3, 0.4) is 0 Å². The average Bonchev–Trinajstić information content (AvgIpc) is 2.38. The van der Waals surface area contributed by atoms with E-state index in [1.54, 1.807) is 23.7 Å². The SMILES string of the molecule is CSc1cccc(CN(C)C(=O)CCCC(N)=O)c1. The van der Waals surface area contributed by atoms with E-state index in [1.165, 1.54) is 4.90 Å². The standard InChI is InChI=1S/C14H20N2O2S/c1-16(14(18)8-4-7-13(15)17)10-11-5-3-6-12(9-11)19-2/h3,5-6,9H,4,7-8,10H2,1-2H3,(H2,15,17). The Morgan fingerprint density at radius 3 is 2.68 bits per heavy atom. The Labute approximate surface area is 118 Å². The predicted octanol–water partition coefficient (Wildman–Crippen LogP) is 2.02. The number of amides is 2. The van der Waals surface area contributed by atoms with Gasteiger partial charge in [-0.15, -0.1) is 11.8 Å². The van der Waals surface area contributed by atoms with Gasteiger partial charge in [-0.1, -0.05) is 12.1 Å². The minimum atomic E-state index is -0.358. The highest BCUT2D eigenvalue weighted by atomic mass is 32.2. The monoisotopic (exact) mass is 280 g/mol. The minimum Gasteiger partial charge on any atom is -0.370 e. The molecular formula is C14H20N2O2S. The molecule has 0 atom stereocenters. The molecule has 0 unspecified atom stereocenters. The van der Waals surface area contributed by atoms with E-state index >= 15 is 0 Å². The van der Waals surface area contributed by atoms with Gasteiger partial charge in [0.1, 0.15) is 0 Å². The van der Waals surface area contributed by atoms with E-state index in [2.05, 4.69) is 6.07 Å². The summed E-state index contributed by atoms with van der Waals surface area (Å²) in [6.07, 6.45) is 3.17. The zero-order valence-corrected chi connectivity index (χ0v) is 12.2. The first-order valence-electron chi connectivity index (χ1n) is 6.18. The second-order valence-corrected chi connectivity index (χ2v) is 5.30. The summed E-state index contributed by atoms with van der Waals surface area (Å²) >= 11 is 1.68. The Balaban J connectivity index is 2.46. The van der Waals surface area contributed by atoms with Gasteiger partial charge in [0, 0.05) is 31.3 Å². The Kier molecular flexibility index (Phi) is 6.42. The number of thioether (sulfide) groups is 1. The van der Waals surface area contributed by atoms with Crippen molar-refractivity contribution in [2.75, 3.05) is 13.3 Å². The molecule has 104 valence electrons. The van der Waals surface area contributed by atoms with Gasteiger partial charge in [0.2, 0.25) is 11.8 Å². The van der Waals surface area contributed by atoms with Crippen LogP contribution in [0.4, 0.5) is 0 Å². The molecule has 5 heteroatoms. The lowest BCUT2D eigenvalue weighted by Gasteiger charge is -2.17. The Morgan fingerprint density at radius 1 is 1.32 bits per heavy atom. The highest BCUT2D eigenvalue weighted by Crippen LogP contribution is 2.17. The first-order chi connectivity index (χ1) is 9.02. The molecule has 0 bridgehead atoms. The number of nitrogens with zero attached hydrogens (tertiary/aromatic N) is 1. The fourth-order valence-corrected chi connectivity index (χ4v) is 2.22. The molecule has 0 aliphatic rings. The maximum absolute atomic E-state index is 11.9. The van der Waals surface area contributed by atoms with E-state index < -0.39 is 0 Å². The van der Waals surface area contributed by atoms with Gasteiger partial charge in [-0.25, -0.2) is 0 Å². The summed E-state index contributed by atoms with van der Waals surface area (Å²) in [4.78, 5) is 25.3. The van der Waals surface area contributed by atoms with E-state index in [1.807, 2.05) is 24.5 Å². The van der Waals surface area contributed by atoms with Crippen molar-refractivity contribution in [3.8, 4) is 0 Å². The number of nitrogens with two attached hydrogens (primary N) is 1. The molecule has 0 saturated carbocycles. The topological polar surface area (TPSA) is 63.4 Å². The van der Waals surface area contributed by atoms with Crippen LogP contribution in [0.15, 0.2) is 29.2 Å². The van der Waals surface area contributed by atoms with Crippen LogP contribution < -0.4 is 5.73 Å². The van der Waals surface area contributed by atoms with Gasteiger partial charge in [-0.3, -0.25) is 9.59 Å². The molecule has 0 fully saturated rings. The zero-order chi connectivity index (χ0) is 14.3. The van der Waals surface area contributed by atoms with E-state index in [0.29, 0.717) is 19.4 Å². The van der Waals surface area contributed by atoms with Gasteiger partial charge in [0.25, 0.3) is 0 Å². The molecule has 0 radical (unpaired) electrons. The second kappa shape index (κ2) is 7.84. The summed E-state index contributed by atoms with van der Waals surface area (Å²) in [6.45, 7) is 0.587. The second-order valence-electron chi connectivity index (χ2n) is 4.42. The quantitative estimate of drug-likeness (QED) is 0.777. The van der Waals surface area contributed by atoms with Gasteiger partial charge in [0.05, 0.1) is 0 Å². The van der Waals surface area contributed by atoms with Crippen LogP contribution in [-0.2, 0) is 16.1 Å². The van der Waals surface area contributed by atoms with Crippen LogP contribution in [0.2, 0.25) is 0 Å². The highest BCUT2D eigenvalue weighted by Gasteiger charge is 2.09. The van der Waals surface area contributed by atoms with Crippen LogP contribution in [-0.4, -0.2) is 30.0 Å². The predicted molar refractivity (Wildman–Crippen MR) is 77.7 cm³/mol. The molecule has 2 N–H and O–H groups in total. The van der Waals surface area contributed by atoms with Gasteiger partial charge in [0.15, 0.2) is 0 Å². The third kappa shape index (κ3) is 5.79. The third-order valence-corrected chi connectivity index (χ3v) is 3.52. The molecule has 0 aliphatic carbocycles. The molecule has 0 aliphatic heterocycles. The number of hydrogen-bond acceptors (Lipinski definition) is 3. The van der Waals surface area contributed by atoms with Crippen molar-refractivity contribution in [3.05, 3.63) is 29.8 Å². The van der Waals surface area contributed by atoms with Crippen LogP contribution in [0.1, 0.15) is 24.8 Å². The smallest absolute Gasteiger partial charge is 0.222 e. The van der Waals surface area contributed by atoms with Crippen LogP contribution >= 0.6 is 11.8 Å². The summed E-state index contributed by atoms with van der Waals surface area (Å²) < 4.78 is 0. The van der Waals surface area contributed by atoms with Crippen molar-refractivity contribution in [2.24, 2.45) is 5.73 Å². The number of rotatable bonds is 7. The number of carbonyl (C=O) groups excluding carboxylic acids is 2. The molecule has 1 rings (SSSR count). The first kappa shape index (κ1) is 15.6. The minimum absolute atomic E-state index is 0.0378. The molecule has 2 amide bonds. The van der Waals surface area contributed by atoms with Crippen LogP contribution in [0.25, 0.3) is 0 Å². The van der Waals surface area contributed by atoms with E-state index in [9.17, 15) is 9.59 Å². The summed E-state index contributed by atoms with van der Waals surface area (Å²) in [5.74, 6) is -0.320. The largest absolute Gasteiger partial charge is 0.370 e. The zero-order valence-electron chi connectivity index (χ0n) is 11.4. The molecule has 4 nitrogen and oxygen atoms in total. The summed E-state index contributed by atoms with van der Waals surface area (Å²) in [7, 11) is 1.78. The van der Waals surface area contributed by atoms with Crippen molar-refractivity contribution >= 4 is 23.6 Å². The first-order valence-corrected chi connectivity index (χ1v) is 7.40. The van der Waals surface area contributed by atoms with Crippen molar-refractivity contribution in [1.82, 2.24) is 4.90 Å². The summed E-state index contributed by atoms with van der Waals surface area (Å²) in [6, 6.07) is 8.13. The van der Waals surface area contributed by atoms with E-state index in [0.717, 1.165) is 5.56 Å². The number of primary amides is 1. The summed E-state index contributed by atoms with van der Waals surface area (Å²) in [5, 5.41) is 0. The van der Waals surface area contributed by atoms with Gasteiger partial charge in [-0.2, -0.15) is 0 Å². The van der Waals surface area contributed by atoms with Crippen molar-refractivity contribution < 1.29 is 9.59 Å². The Hall–Kier alpha value is -1.49. The molecule has 19 heavy (non-hydrogen) atoms. The lowest BCUT2D eigenvalue weighted by atomic mass is 10.2. The fraction of sp³-hybridized carbons (Fsp3) is 0.429. The number of hydrogen-bond donors (Lipinski definition) is 1. The highest BCUT2D eigenvalue weighted by molar-refractivity contribution is 7.98. The van der Waals surface area contributed by atoms with Crippen LogP contribution in [0.5, 0.6) is 0 Å².